The SMILES string of the molecule is [CH2]c1ccc2c(c1)SC=CS2. The van der Waals surface area contributed by atoms with Gasteiger partial charge in [0.25, 0.3) is 0 Å². The highest BCUT2D eigenvalue weighted by Gasteiger charge is 2.04. The number of hydrogen-bond donors (Lipinski definition) is 0. The summed E-state index contributed by atoms with van der Waals surface area (Å²) in [6.07, 6.45) is 0. The minimum absolute atomic E-state index is 1.09. The Kier molecular flexibility index (Phi) is 1.96. The summed E-state index contributed by atoms with van der Waals surface area (Å²) >= 11 is 3.53. The van der Waals surface area contributed by atoms with E-state index in [0.717, 1.165) is 5.56 Å². The Balaban J connectivity index is 2.48. The van der Waals surface area contributed by atoms with Gasteiger partial charge >= 0.3 is 0 Å². The maximum atomic E-state index is 3.88. The summed E-state index contributed by atoms with van der Waals surface area (Å²) in [6.45, 7) is 3.88. The molecule has 1 aromatic carbocycles. The summed E-state index contributed by atoms with van der Waals surface area (Å²) < 4.78 is 0. The van der Waals surface area contributed by atoms with E-state index >= 15 is 0 Å². The molecule has 0 aliphatic carbocycles. The first-order valence-corrected chi connectivity index (χ1v) is 5.06. The summed E-state index contributed by atoms with van der Waals surface area (Å²) in [5, 5.41) is 4.21. The van der Waals surface area contributed by atoms with Gasteiger partial charge in [0, 0.05) is 9.79 Å². The lowest BCUT2D eigenvalue weighted by Gasteiger charge is -2.08. The first kappa shape index (κ1) is 7.32. The molecular weight excluding hydrogens is 172 g/mol. The predicted molar refractivity (Wildman–Crippen MR) is 51.8 cm³/mol. The molecule has 1 aromatic rings. The minimum Gasteiger partial charge on any atom is -0.0963 e. The van der Waals surface area contributed by atoms with E-state index in [9.17, 15) is 0 Å². The van der Waals surface area contributed by atoms with Gasteiger partial charge in [0.2, 0.25) is 0 Å². The average molecular weight is 179 g/mol. The molecule has 0 nitrogen and oxygen atoms in total. The van der Waals surface area contributed by atoms with Crippen molar-refractivity contribution in [3.63, 3.8) is 0 Å². The number of rotatable bonds is 0. The Labute approximate surface area is 75.1 Å². The van der Waals surface area contributed by atoms with Gasteiger partial charge in [0.05, 0.1) is 0 Å². The van der Waals surface area contributed by atoms with Crippen LogP contribution >= 0.6 is 23.5 Å². The van der Waals surface area contributed by atoms with E-state index in [1.807, 2.05) is 6.07 Å². The van der Waals surface area contributed by atoms with E-state index in [4.69, 9.17) is 0 Å². The van der Waals surface area contributed by atoms with Gasteiger partial charge in [0.15, 0.2) is 0 Å². The molecule has 55 valence electrons. The quantitative estimate of drug-likeness (QED) is 0.597. The molecule has 1 aliphatic rings. The molecule has 0 unspecified atom stereocenters. The van der Waals surface area contributed by atoms with E-state index in [1.165, 1.54) is 9.79 Å². The Morgan fingerprint density at radius 2 is 1.73 bits per heavy atom. The van der Waals surface area contributed by atoms with Crippen LogP contribution in [0.4, 0.5) is 0 Å². The molecule has 0 bridgehead atoms. The average Bonchev–Trinajstić information content (AvgIpc) is 2.04. The number of benzene rings is 1. The highest BCUT2D eigenvalue weighted by molar-refractivity contribution is 8.08. The highest BCUT2D eigenvalue weighted by atomic mass is 32.2. The lowest BCUT2D eigenvalue weighted by atomic mass is 10.2. The second kappa shape index (κ2) is 2.95. The molecule has 0 fully saturated rings. The third kappa shape index (κ3) is 1.47. The van der Waals surface area contributed by atoms with Crippen LogP contribution in [0.3, 0.4) is 0 Å². The van der Waals surface area contributed by atoms with Crippen molar-refractivity contribution in [1.29, 1.82) is 0 Å². The lowest BCUT2D eigenvalue weighted by Crippen LogP contribution is -1.80. The summed E-state index contributed by atoms with van der Waals surface area (Å²) in [5.41, 5.74) is 1.09. The first-order valence-electron chi connectivity index (χ1n) is 3.30. The van der Waals surface area contributed by atoms with Gasteiger partial charge in [-0.1, -0.05) is 29.6 Å². The van der Waals surface area contributed by atoms with E-state index in [2.05, 4.69) is 29.9 Å². The molecule has 1 radical (unpaired) electrons. The molecule has 1 aliphatic heterocycles. The van der Waals surface area contributed by atoms with Crippen LogP contribution < -0.4 is 0 Å². The van der Waals surface area contributed by atoms with E-state index in [0.29, 0.717) is 0 Å². The van der Waals surface area contributed by atoms with E-state index in [1.54, 1.807) is 23.5 Å². The molecule has 0 atom stereocenters. The Hall–Kier alpha value is -0.340. The van der Waals surface area contributed by atoms with Crippen molar-refractivity contribution in [3.05, 3.63) is 41.5 Å². The lowest BCUT2D eigenvalue weighted by molar-refractivity contribution is 1.24. The van der Waals surface area contributed by atoms with Crippen LogP contribution in [0.15, 0.2) is 38.8 Å². The molecule has 0 saturated heterocycles. The van der Waals surface area contributed by atoms with E-state index < -0.39 is 0 Å². The van der Waals surface area contributed by atoms with Crippen molar-refractivity contribution >= 4 is 23.5 Å². The predicted octanol–water partition coefficient (Wildman–Crippen LogP) is 3.54. The number of hydrogen-bond acceptors (Lipinski definition) is 2. The maximum absolute atomic E-state index is 3.88. The Morgan fingerprint density at radius 3 is 2.55 bits per heavy atom. The molecule has 2 rings (SSSR count). The molecule has 0 N–H and O–H groups in total. The van der Waals surface area contributed by atoms with Gasteiger partial charge in [-0.15, -0.1) is 0 Å². The van der Waals surface area contributed by atoms with Crippen molar-refractivity contribution in [1.82, 2.24) is 0 Å². The van der Waals surface area contributed by atoms with Gasteiger partial charge in [-0.25, -0.2) is 0 Å². The summed E-state index contributed by atoms with van der Waals surface area (Å²) in [5.74, 6) is 0. The smallest absolute Gasteiger partial charge is 0.0258 e. The Morgan fingerprint density at radius 1 is 1.00 bits per heavy atom. The molecule has 0 aromatic heterocycles. The number of thioether (sulfide) groups is 2. The van der Waals surface area contributed by atoms with Crippen LogP contribution in [0.1, 0.15) is 5.56 Å². The monoisotopic (exact) mass is 179 g/mol. The van der Waals surface area contributed by atoms with Gasteiger partial charge in [-0.3, -0.25) is 0 Å². The molecule has 0 spiro atoms. The van der Waals surface area contributed by atoms with Gasteiger partial charge in [-0.2, -0.15) is 0 Å². The molecule has 2 heteroatoms. The summed E-state index contributed by atoms with van der Waals surface area (Å²) in [4.78, 5) is 2.66. The van der Waals surface area contributed by atoms with Crippen LogP contribution in [-0.2, 0) is 0 Å². The minimum atomic E-state index is 1.09. The van der Waals surface area contributed by atoms with Crippen molar-refractivity contribution in [2.75, 3.05) is 0 Å². The van der Waals surface area contributed by atoms with Crippen molar-refractivity contribution in [2.24, 2.45) is 0 Å². The van der Waals surface area contributed by atoms with Crippen molar-refractivity contribution in [2.45, 2.75) is 9.79 Å². The number of fused-ring (bicyclic) bond motifs is 1. The summed E-state index contributed by atoms with van der Waals surface area (Å²) in [6, 6.07) is 6.29. The fourth-order valence-electron chi connectivity index (χ4n) is 0.944. The third-order valence-electron chi connectivity index (χ3n) is 1.45. The second-order valence-electron chi connectivity index (χ2n) is 2.29. The second-order valence-corrected chi connectivity index (χ2v) is 4.18. The standard InChI is InChI=1S/C9H7S2/c1-7-2-3-8-9(6-7)11-5-4-10-8/h2-6H,1H2. The van der Waals surface area contributed by atoms with Crippen LogP contribution in [0.2, 0.25) is 0 Å². The van der Waals surface area contributed by atoms with Crippen molar-refractivity contribution in [3.8, 4) is 0 Å². The Bertz CT molecular complexity index is 302. The largest absolute Gasteiger partial charge is 0.0963 e. The normalized spacial score (nSPS) is 14.6. The van der Waals surface area contributed by atoms with Gasteiger partial charge < -0.3 is 0 Å². The first-order chi connectivity index (χ1) is 5.36. The molecule has 0 saturated carbocycles. The fourth-order valence-corrected chi connectivity index (χ4v) is 2.70. The van der Waals surface area contributed by atoms with Crippen LogP contribution in [-0.4, -0.2) is 0 Å². The molecule has 0 amide bonds. The van der Waals surface area contributed by atoms with Crippen LogP contribution in [0.5, 0.6) is 0 Å². The summed E-state index contributed by atoms with van der Waals surface area (Å²) in [7, 11) is 0. The maximum Gasteiger partial charge on any atom is 0.0258 e. The van der Waals surface area contributed by atoms with Gasteiger partial charge in [0.1, 0.15) is 0 Å². The zero-order valence-electron chi connectivity index (χ0n) is 5.91. The third-order valence-corrected chi connectivity index (χ3v) is 3.50. The highest BCUT2D eigenvalue weighted by Crippen LogP contribution is 2.37. The molecular formula is C9H7S2. The topological polar surface area (TPSA) is 0 Å². The van der Waals surface area contributed by atoms with Crippen LogP contribution in [0, 0.1) is 6.92 Å². The zero-order chi connectivity index (χ0) is 7.68. The van der Waals surface area contributed by atoms with Crippen LogP contribution in [0.25, 0.3) is 0 Å². The van der Waals surface area contributed by atoms with E-state index in [-0.39, 0.29) is 0 Å². The van der Waals surface area contributed by atoms with Gasteiger partial charge in [-0.05, 0) is 35.4 Å². The molecule has 1 heterocycles. The molecule has 11 heavy (non-hydrogen) atoms. The van der Waals surface area contributed by atoms with Crippen molar-refractivity contribution < 1.29 is 0 Å². The fraction of sp³-hybridized carbons (Fsp3) is 0. The zero-order valence-corrected chi connectivity index (χ0v) is 7.54.